The van der Waals surface area contributed by atoms with Gasteiger partial charge in [0.15, 0.2) is 5.96 Å². The minimum absolute atomic E-state index is 0.0261. The number of guanidine groups is 1. The Bertz CT molecular complexity index is 355. The SMILES string of the molecule is CSCCNC(=NCC(=O)N(C)C)NCCCC1CCCCC1. The van der Waals surface area contributed by atoms with Gasteiger partial charge < -0.3 is 15.5 Å². The molecule has 1 saturated carbocycles. The number of thioether (sulfide) groups is 1. The van der Waals surface area contributed by atoms with Gasteiger partial charge in [0.05, 0.1) is 0 Å². The van der Waals surface area contributed by atoms with Crippen LogP contribution >= 0.6 is 11.8 Å². The van der Waals surface area contributed by atoms with E-state index in [2.05, 4.69) is 21.9 Å². The summed E-state index contributed by atoms with van der Waals surface area (Å²) in [6, 6.07) is 0. The second-order valence-electron chi connectivity index (χ2n) is 6.45. The van der Waals surface area contributed by atoms with E-state index in [1.165, 1.54) is 44.9 Å². The topological polar surface area (TPSA) is 56.7 Å². The molecule has 0 heterocycles. The van der Waals surface area contributed by atoms with Crippen molar-refractivity contribution >= 4 is 23.6 Å². The van der Waals surface area contributed by atoms with Gasteiger partial charge in [-0.2, -0.15) is 11.8 Å². The van der Waals surface area contributed by atoms with Crippen molar-refractivity contribution in [2.45, 2.75) is 44.9 Å². The second kappa shape index (κ2) is 12.5. The summed E-state index contributed by atoms with van der Waals surface area (Å²) in [6.45, 7) is 1.99. The number of aliphatic imine (C=N–C) groups is 1. The van der Waals surface area contributed by atoms with Crippen LogP contribution in [0.1, 0.15) is 44.9 Å². The van der Waals surface area contributed by atoms with Gasteiger partial charge >= 0.3 is 0 Å². The number of nitrogens with one attached hydrogen (secondary N) is 2. The van der Waals surface area contributed by atoms with Gasteiger partial charge in [-0.15, -0.1) is 0 Å². The Kier molecular flexibility index (Phi) is 10.9. The molecule has 0 aromatic carbocycles. The number of amides is 1. The third-order valence-electron chi connectivity index (χ3n) is 4.28. The van der Waals surface area contributed by atoms with Gasteiger partial charge in [-0.25, -0.2) is 4.99 Å². The molecule has 5 nitrogen and oxygen atoms in total. The maximum Gasteiger partial charge on any atom is 0.243 e. The first-order valence-electron chi connectivity index (χ1n) is 8.84. The highest BCUT2D eigenvalue weighted by atomic mass is 32.2. The molecule has 2 N–H and O–H groups in total. The average molecular weight is 343 g/mol. The summed E-state index contributed by atoms with van der Waals surface area (Å²) in [4.78, 5) is 17.6. The quantitative estimate of drug-likeness (QED) is 0.384. The summed E-state index contributed by atoms with van der Waals surface area (Å²) in [6.07, 6.45) is 11.6. The molecule has 0 aromatic rings. The Balaban J connectivity index is 2.29. The smallest absolute Gasteiger partial charge is 0.243 e. The van der Waals surface area contributed by atoms with Crippen LogP contribution in [0, 0.1) is 5.92 Å². The predicted molar refractivity (Wildman–Crippen MR) is 101 cm³/mol. The zero-order valence-electron chi connectivity index (χ0n) is 15.1. The first-order chi connectivity index (χ1) is 11.1. The third-order valence-corrected chi connectivity index (χ3v) is 4.89. The van der Waals surface area contributed by atoms with Crippen LogP contribution in [0.5, 0.6) is 0 Å². The van der Waals surface area contributed by atoms with E-state index in [9.17, 15) is 4.79 Å². The van der Waals surface area contributed by atoms with Crippen LogP contribution in [0.25, 0.3) is 0 Å². The predicted octanol–water partition coefficient (Wildman–Crippen LogP) is 2.33. The monoisotopic (exact) mass is 342 g/mol. The average Bonchev–Trinajstić information content (AvgIpc) is 2.56. The van der Waals surface area contributed by atoms with Gasteiger partial charge in [0, 0.05) is 32.9 Å². The molecule has 0 aliphatic heterocycles. The third kappa shape index (κ3) is 9.74. The number of rotatable bonds is 9. The van der Waals surface area contributed by atoms with E-state index in [1.807, 2.05) is 0 Å². The van der Waals surface area contributed by atoms with Crippen molar-refractivity contribution in [1.29, 1.82) is 0 Å². The van der Waals surface area contributed by atoms with Crippen LogP contribution in [-0.2, 0) is 4.79 Å². The second-order valence-corrected chi connectivity index (χ2v) is 7.43. The van der Waals surface area contributed by atoms with Crippen molar-refractivity contribution in [1.82, 2.24) is 15.5 Å². The molecule has 1 aliphatic rings. The number of carbonyl (C=O) groups excluding carboxylic acids is 1. The first-order valence-corrected chi connectivity index (χ1v) is 10.2. The Hall–Kier alpha value is -0.910. The van der Waals surface area contributed by atoms with Crippen molar-refractivity contribution < 1.29 is 4.79 Å². The molecule has 1 rings (SSSR count). The first kappa shape index (κ1) is 20.1. The fraction of sp³-hybridized carbons (Fsp3) is 0.882. The van der Waals surface area contributed by atoms with Crippen molar-refractivity contribution in [3.63, 3.8) is 0 Å². The molecular formula is C17H34N4OS. The summed E-state index contributed by atoms with van der Waals surface area (Å²) in [5, 5.41) is 6.67. The van der Waals surface area contributed by atoms with E-state index in [4.69, 9.17) is 0 Å². The van der Waals surface area contributed by atoms with Gasteiger partial charge in [-0.05, 0) is 25.0 Å². The van der Waals surface area contributed by atoms with Gasteiger partial charge in [-0.1, -0.05) is 32.1 Å². The minimum atomic E-state index is 0.0261. The van der Waals surface area contributed by atoms with E-state index >= 15 is 0 Å². The lowest BCUT2D eigenvalue weighted by Crippen LogP contribution is -2.40. The molecule has 23 heavy (non-hydrogen) atoms. The molecule has 134 valence electrons. The van der Waals surface area contributed by atoms with Crippen LogP contribution in [0.4, 0.5) is 0 Å². The van der Waals surface area contributed by atoms with Gasteiger partial charge in [0.25, 0.3) is 0 Å². The standard InChI is InChI=1S/C17H34N4OS/c1-21(2)16(22)14-20-17(19-12-13-23-3)18-11-7-10-15-8-5-4-6-9-15/h15H,4-14H2,1-3H3,(H2,18,19,20). The molecule has 0 spiro atoms. The highest BCUT2D eigenvalue weighted by Crippen LogP contribution is 2.26. The van der Waals surface area contributed by atoms with E-state index in [0.717, 1.165) is 30.7 Å². The van der Waals surface area contributed by atoms with E-state index in [0.29, 0.717) is 0 Å². The maximum absolute atomic E-state index is 11.7. The van der Waals surface area contributed by atoms with E-state index < -0.39 is 0 Å². The fourth-order valence-corrected chi connectivity index (χ4v) is 3.11. The molecular weight excluding hydrogens is 308 g/mol. The van der Waals surface area contributed by atoms with Crippen molar-refractivity contribution in [3.8, 4) is 0 Å². The lowest BCUT2D eigenvalue weighted by atomic mass is 9.86. The van der Waals surface area contributed by atoms with Crippen molar-refractivity contribution in [2.75, 3.05) is 45.7 Å². The van der Waals surface area contributed by atoms with Gasteiger partial charge in [0.1, 0.15) is 6.54 Å². The molecule has 0 atom stereocenters. The zero-order chi connectivity index (χ0) is 16.9. The molecule has 1 aliphatic carbocycles. The van der Waals surface area contributed by atoms with Crippen LogP contribution in [0.15, 0.2) is 4.99 Å². The minimum Gasteiger partial charge on any atom is -0.356 e. The van der Waals surface area contributed by atoms with Crippen LogP contribution in [-0.4, -0.2) is 62.5 Å². The normalized spacial score (nSPS) is 16.2. The highest BCUT2D eigenvalue weighted by molar-refractivity contribution is 7.98. The number of likely N-dealkylation sites (N-methyl/N-ethyl adjacent to an activating group) is 1. The summed E-state index contributed by atoms with van der Waals surface area (Å²) >= 11 is 1.80. The number of hydrogen-bond donors (Lipinski definition) is 2. The Labute approximate surface area is 146 Å². The molecule has 0 saturated heterocycles. The number of hydrogen-bond acceptors (Lipinski definition) is 3. The lowest BCUT2D eigenvalue weighted by molar-refractivity contribution is -0.127. The Morgan fingerprint density at radius 3 is 2.52 bits per heavy atom. The van der Waals surface area contributed by atoms with E-state index in [1.54, 1.807) is 30.8 Å². The number of carbonyl (C=O) groups is 1. The summed E-state index contributed by atoms with van der Waals surface area (Å²) in [5.41, 5.74) is 0. The molecule has 1 fully saturated rings. The molecule has 0 unspecified atom stereocenters. The van der Waals surface area contributed by atoms with E-state index in [-0.39, 0.29) is 12.5 Å². The summed E-state index contributed by atoms with van der Waals surface area (Å²) in [7, 11) is 3.52. The Morgan fingerprint density at radius 2 is 1.87 bits per heavy atom. The largest absolute Gasteiger partial charge is 0.356 e. The lowest BCUT2D eigenvalue weighted by Gasteiger charge is -2.21. The van der Waals surface area contributed by atoms with Crippen LogP contribution < -0.4 is 10.6 Å². The van der Waals surface area contributed by atoms with Crippen molar-refractivity contribution in [3.05, 3.63) is 0 Å². The van der Waals surface area contributed by atoms with Crippen LogP contribution in [0.3, 0.4) is 0 Å². The molecule has 6 heteroatoms. The fourth-order valence-electron chi connectivity index (χ4n) is 2.81. The van der Waals surface area contributed by atoms with Crippen LogP contribution in [0.2, 0.25) is 0 Å². The Morgan fingerprint density at radius 1 is 1.17 bits per heavy atom. The highest BCUT2D eigenvalue weighted by Gasteiger charge is 2.12. The number of nitrogens with zero attached hydrogens (tertiary/aromatic N) is 2. The molecule has 0 radical (unpaired) electrons. The molecule has 0 bridgehead atoms. The van der Waals surface area contributed by atoms with Gasteiger partial charge in [-0.3, -0.25) is 4.79 Å². The zero-order valence-corrected chi connectivity index (χ0v) is 15.9. The summed E-state index contributed by atoms with van der Waals surface area (Å²) < 4.78 is 0. The van der Waals surface area contributed by atoms with Crippen molar-refractivity contribution in [2.24, 2.45) is 10.9 Å². The molecule has 1 amide bonds. The summed E-state index contributed by atoms with van der Waals surface area (Å²) in [5.74, 6) is 2.74. The molecule has 0 aromatic heterocycles. The van der Waals surface area contributed by atoms with Gasteiger partial charge in [0.2, 0.25) is 5.91 Å². The maximum atomic E-state index is 11.7.